The van der Waals surface area contributed by atoms with Crippen LogP contribution in [0.15, 0.2) is 0 Å². The summed E-state index contributed by atoms with van der Waals surface area (Å²) in [4.78, 5) is 0. The Morgan fingerprint density at radius 2 is 1.78 bits per heavy atom. The molecule has 1 heterocycles. The van der Waals surface area contributed by atoms with E-state index in [0.29, 0.717) is 29.3 Å². The minimum Gasteiger partial charge on any atom is -0.352 e. The van der Waals surface area contributed by atoms with E-state index in [9.17, 15) is 0 Å². The van der Waals surface area contributed by atoms with Crippen LogP contribution in [0.3, 0.4) is 0 Å². The van der Waals surface area contributed by atoms with Crippen molar-refractivity contribution in [3.8, 4) is 0 Å². The quantitative estimate of drug-likeness (QED) is 0.702. The third-order valence-electron chi connectivity index (χ3n) is 5.97. The van der Waals surface area contributed by atoms with Crippen LogP contribution in [0, 0.1) is 23.2 Å². The van der Waals surface area contributed by atoms with Gasteiger partial charge in [-0.1, -0.05) is 33.6 Å². The highest BCUT2D eigenvalue weighted by Crippen LogP contribution is 2.47. The van der Waals surface area contributed by atoms with Crippen LogP contribution in [-0.2, 0) is 9.47 Å². The second-order valence-electron chi connectivity index (χ2n) is 7.40. The van der Waals surface area contributed by atoms with E-state index in [1.807, 2.05) is 0 Å². The maximum absolute atomic E-state index is 6.32. The fourth-order valence-electron chi connectivity index (χ4n) is 4.17. The van der Waals surface area contributed by atoms with Crippen LogP contribution in [0.5, 0.6) is 0 Å². The van der Waals surface area contributed by atoms with Crippen molar-refractivity contribution < 1.29 is 9.47 Å². The lowest BCUT2D eigenvalue weighted by molar-refractivity contribution is -0.278. The van der Waals surface area contributed by atoms with E-state index in [2.05, 4.69) is 20.8 Å². The Bertz CT molecular complexity index is 293. The van der Waals surface area contributed by atoms with E-state index >= 15 is 0 Å². The first kappa shape index (κ1) is 12.9. The highest BCUT2D eigenvalue weighted by atomic mass is 16.7. The summed E-state index contributed by atoms with van der Waals surface area (Å²) in [6.45, 7) is 8.11. The van der Waals surface area contributed by atoms with Gasteiger partial charge in [0, 0.05) is 11.8 Å². The van der Waals surface area contributed by atoms with Gasteiger partial charge in [-0.2, -0.15) is 0 Å². The molecule has 0 N–H and O–H groups in total. The molecule has 3 unspecified atom stereocenters. The van der Waals surface area contributed by atoms with Crippen molar-refractivity contribution in [3.63, 3.8) is 0 Å². The Hall–Kier alpha value is -0.0800. The lowest BCUT2D eigenvalue weighted by Gasteiger charge is -2.50. The van der Waals surface area contributed by atoms with Gasteiger partial charge in [0.1, 0.15) is 0 Å². The second-order valence-corrected chi connectivity index (χ2v) is 7.40. The molecule has 0 bridgehead atoms. The minimum absolute atomic E-state index is 0.113. The SMILES string of the molecule is CC1C2CO[C@@H](C3CCCC3)OC2CCC1(C)C. The molecule has 2 nitrogen and oxygen atoms in total. The maximum Gasteiger partial charge on any atom is 0.160 e. The smallest absolute Gasteiger partial charge is 0.160 e. The first-order valence-corrected chi connectivity index (χ1v) is 7.85. The van der Waals surface area contributed by atoms with Gasteiger partial charge in [0.05, 0.1) is 12.7 Å². The minimum atomic E-state index is 0.113. The maximum atomic E-state index is 6.32. The Morgan fingerprint density at radius 3 is 2.50 bits per heavy atom. The summed E-state index contributed by atoms with van der Waals surface area (Å²) in [5.74, 6) is 2.00. The van der Waals surface area contributed by atoms with Crippen molar-refractivity contribution in [1.29, 1.82) is 0 Å². The molecular weight excluding hydrogens is 224 g/mol. The van der Waals surface area contributed by atoms with E-state index in [0.717, 1.165) is 6.61 Å². The van der Waals surface area contributed by atoms with Crippen LogP contribution in [-0.4, -0.2) is 19.0 Å². The molecule has 4 atom stereocenters. The van der Waals surface area contributed by atoms with Gasteiger partial charge in [-0.15, -0.1) is 0 Å². The summed E-state index contributed by atoms with van der Waals surface area (Å²) in [6.07, 6.45) is 8.46. The number of hydrogen-bond donors (Lipinski definition) is 0. The van der Waals surface area contributed by atoms with Crippen molar-refractivity contribution in [3.05, 3.63) is 0 Å². The lowest BCUT2D eigenvalue weighted by atomic mass is 9.63. The Balaban J connectivity index is 1.64. The third kappa shape index (κ3) is 2.22. The summed E-state index contributed by atoms with van der Waals surface area (Å²) in [5.41, 5.74) is 0.452. The normalized spacial score (nSPS) is 44.8. The molecule has 104 valence electrons. The molecule has 0 aromatic carbocycles. The summed E-state index contributed by atoms with van der Waals surface area (Å²) in [5, 5.41) is 0. The summed E-state index contributed by atoms with van der Waals surface area (Å²) >= 11 is 0. The fourth-order valence-corrected chi connectivity index (χ4v) is 4.17. The Morgan fingerprint density at radius 1 is 1.06 bits per heavy atom. The molecule has 2 aliphatic carbocycles. The first-order chi connectivity index (χ1) is 8.58. The van der Waals surface area contributed by atoms with Crippen LogP contribution in [0.2, 0.25) is 0 Å². The number of hydrogen-bond acceptors (Lipinski definition) is 2. The zero-order valence-corrected chi connectivity index (χ0v) is 12.2. The average Bonchev–Trinajstić information content (AvgIpc) is 2.88. The van der Waals surface area contributed by atoms with Gasteiger partial charge in [0.2, 0.25) is 0 Å². The first-order valence-electron chi connectivity index (χ1n) is 7.85. The third-order valence-corrected chi connectivity index (χ3v) is 5.97. The highest BCUT2D eigenvalue weighted by Gasteiger charge is 2.46. The van der Waals surface area contributed by atoms with Gasteiger partial charge in [-0.25, -0.2) is 0 Å². The molecule has 1 aliphatic heterocycles. The molecule has 2 heteroatoms. The summed E-state index contributed by atoms with van der Waals surface area (Å²) in [6, 6.07) is 0. The van der Waals surface area contributed by atoms with Gasteiger partial charge >= 0.3 is 0 Å². The molecule has 3 rings (SSSR count). The standard InChI is InChI=1S/C16H28O2/c1-11-13-10-17-15(12-6-4-5-7-12)18-14(13)8-9-16(11,2)3/h11-15H,4-10H2,1-3H3/t11?,13?,14?,15-/m1/s1. The molecule has 3 fully saturated rings. The number of ether oxygens (including phenoxy) is 2. The van der Waals surface area contributed by atoms with E-state index in [1.165, 1.54) is 38.5 Å². The van der Waals surface area contributed by atoms with Crippen LogP contribution in [0.4, 0.5) is 0 Å². The molecule has 3 aliphatic rings. The summed E-state index contributed by atoms with van der Waals surface area (Å²) in [7, 11) is 0. The van der Waals surface area contributed by atoms with E-state index in [4.69, 9.17) is 9.47 Å². The fraction of sp³-hybridized carbons (Fsp3) is 1.00. The van der Waals surface area contributed by atoms with Crippen molar-refractivity contribution in [1.82, 2.24) is 0 Å². The topological polar surface area (TPSA) is 18.5 Å². The largest absolute Gasteiger partial charge is 0.352 e. The highest BCUT2D eigenvalue weighted by molar-refractivity contribution is 4.93. The number of rotatable bonds is 1. The van der Waals surface area contributed by atoms with Crippen molar-refractivity contribution in [2.45, 2.75) is 71.7 Å². The molecule has 0 aromatic rings. The Kier molecular flexibility index (Phi) is 3.44. The lowest BCUT2D eigenvalue weighted by Crippen LogP contribution is -2.51. The van der Waals surface area contributed by atoms with Gasteiger partial charge in [-0.05, 0) is 37.0 Å². The molecule has 18 heavy (non-hydrogen) atoms. The van der Waals surface area contributed by atoms with Crippen molar-refractivity contribution in [2.24, 2.45) is 23.2 Å². The van der Waals surface area contributed by atoms with Crippen molar-refractivity contribution in [2.75, 3.05) is 6.61 Å². The van der Waals surface area contributed by atoms with E-state index in [-0.39, 0.29) is 6.29 Å². The van der Waals surface area contributed by atoms with E-state index < -0.39 is 0 Å². The van der Waals surface area contributed by atoms with Crippen LogP contribution >= 0.6 is 0 Å². The molecule has 1 saturated heterocycles. The van der Waals surface area contributed by atoms with Gasteiger partial charge in [0.15, 0.2) is 6.29 Å². The molecule has 0 amide bonds. The van der Waals surface area contributed by atoms with Gasteiger partial charge < -0.3 is 9.47 Å². The molecule has 2 saturated carbocycles. The predicted octanol–water partition coefficient (Wildman–Crippen LogP) is 3.99. The van der Waals surface area contributed by atoms with Crippen LogP contribution in [0.1, 0.15) is 59.3 Å². The molecule has 0 radical (unpaired) electrons. The van der Waals surface area contributed by atoms with E-state index in [1.54, 1.807) is 0 Å². The zero-order valence-electron chi connectivity index (χ0n) is 12.2. The Labute approximate surface area is 111 Å². The van der Waals surface area contributed by atoms with Crippen LogP contribution in [0.25, 0.3) is 0 Å². The molecular formula is C16H28O2. The van der Waals surface area contributed by atoms with Gasteiger partial charge in [0.25, 0.3) is 0 Å². The van der Waals surface area contributed by atoms with Crippen molar-refractivity contribution >= 4 is 0 Å². The monoisotopic (exact) mass is 252 g/mol. The number of fused-ring (bicyclic) bond motifs is 1. The predicted molar refractivity (Wildman–Crippen MR) is 72.2 cm³/mol. The summed E-state index contributed by atoms with van der Waals surface area (Å²) < 4.78 is 12.4. The second kappa shape index (κ2) is 4.79. The molecule has 0 spiro atoms. The van der Waals surface area contributed by atoms with Gasteiger partial charge in [-0.3, -0.25) is 0 Å². The molecule has 0 aromatic heterocycles. The average molecular weight is 252 g/mol. The zero-order chi connectivity index (χ0) is 12.8. The van der Waals surface area contributed by atoms with Crippen LogP contribution < -0.4 is 0 Å².